The third-order valence-corrected chi connectivity index (χ3v) is 7.35. The number of aromatic nitrogens is 4. The second kappa shape index (κ2) is 7.30. The van der Waals surface area contributed by atoms with Crippen LogP contribution >= 0.6 is 0 Å². The molecule has 2 saturated heterocycles. The number of hydrogen-bond donors (Lipinski definition) is 1. The van der Waals surface area contributed by atoms with Crippen LogP contribution in [-0.2, 0) is 0 Å². The smallest absolute Gasteiger partial charge is 0.151 e. The second-order valence-electron chi connectivity index (χ2n) is 8.92. The van der Waals surface area contributed by atoms with Crippen molar-refractivity contribution >= 4 is 5.82 Å². The van der Waals surface area contributed by atoms with Crippen LogP contribution in [0.5, 0.6) is 5.75 Å². The van der Waals surface area contributed by atoms with Gasteiger partial charge in [0.1, 0.15) is 11.9 Å². The zero-order valence-electron chi connectivity index (χ0n) is 18.0. The number of phenolic OH excluding ortho intramolecular Hbond substituents is 1. The molecule has 4 heterocycles. The van der Waals surface area contributed by atoms with E-state index in [-0.39, 0.29) is 11.8 Å². The number of nitrogens with zero attached hydrogens (tertiary/aromatic N) is 6. The number of anilines is 1. The predicted molar refractivity (Wildman–Crippen MR) is 117 cm³/mol. The quantitative estimate of drug-likeness (QED) is 0.695. The van der Waals surface area contributed by atoms with Gasteiger partial charge in [-0.15, -0.1) is 10.2 Å². The van der Waals surface area contributed by atoms with Crippen LogP contribution < -0.4 is 4.90 Å². The molecule has 31 heavy (non-hydrogen) atoms. The maximum Gasteiger partial charge on any atom is 0.151 e. The SMILES string of the molecule is CN(c1ccc(-c2ccc(-n3ccnc3)cc2O)nn1)[C@H]1CC2CC[C@](C)([C@@H]1F)N2C. The van der Waals surface area contributed by atoms with E-state index in [1.54, 1.807) is 18.6 Å². The lowest BCUT2D eigenvalue weighted by Crippen LogP contribution is -2.62. The molecule has 5 rings (SSSR count). The minimum atomic E-state index is -0.956. The number of rotatable bonds is 4. The Morgan fingerprint density at radius 3 is 2.74 bits per heavy atom. The molecule has 0 radical (unpaired) electrons. The molecule has 0 spiro atoms. The molecule has 2 aromatic heterocycles. The largest absolute Gasteiger partial charge is 0.507 e. The van der Waals surface area contributed by atoms with Crippen LogP contribution in [0.25, 0.3) is 16.9 Å². The van der Waals surface area contributed by atoms with Gasteiger partial charge >= 0.3 is 0 Å². The van der Waals surface area contributed by atoms with Gasteiger partial charge in [0.15, 0.2) is 5.82 Å². The van der Waals surface area contributed by atoms with Crippen LogP contribution in [0.4, 0.5) is 10.2 Å². The molecule has 162 valence electrons. The van der Waals surface area contributed by atoms with Gasteiger partial charge in [-0.3, -0.25) is 4.90 Å². The van der Waals surface area contributed by atoms with Gasteiger partial charge in [0.2, 0.25) is 0 Å². The summed E-state index contributed by atoms with van der Waals surface area (Å²) in [5.74, 6) is 0.753. The summed E-state index contributed by atoms with van der Waals surface area (Å²) in [5.41, 5.74) is 1.55. The fraction of sp³-hybridized carbons (Fsp3) is 0.435. The van der Waals surface area contributed by atoms with E-state index in [0.717, 1.165) is 24.9 Å². The van der Waals surface area contributed by atoms with E-state index in [0.29, 0.717) is 23.1 Å². The topological polar surface area (TPSA) is 70.3 Å². The van der Waals surface area contributed by atoms with Gasteiger partial charge in [0.05, 0.1) is 29.3 Å². The van der Waals surface area contributed by atoms with E-state index in [9.17, 15) is 5.11 Å². The maximum atomic E-state index is 15.5. The van der Waals surface area contributed by atoms with Gasteiger partial charge in [0.25, 0.3) is 0 Å². The summed E-state index contributed by atoms with van der Waals surface area (Å²) in [5, 5.41) is 19.2. The molecule has 7 nitrogen and oxygen atoms in total. The minimum absolute atomic E-state index is 0.116. The van der Waals surface area contributed by atoms with Gasteiger partial charge in [-0.1, -0.05) is 0 Å². The molecular formula is C23H27FN6O. The predicted octanol–water partition coefficient (Wildman–Crippen LogP) is 3.43. The Morgan fingerprint density at radius 2 is 2.06 bits per heavy atom. The number of phenols is 1. The van der Waals surface area contributed by atoms with Crippen molar-refractivity contribution in [2.45, 2.75) is 50.0 Å². The highest BCUT2D eigenvalue weighted by Crippen LogP contribution is 2.46. The van der Waals surface area contributed by atoms with E-state index in [1.165, 1.54) is 0 Å². The molecule has 2 aliphatic heterocycles. The number of halogens is 1. The van der Waals surface area contributed by atoms with Gasteiger partial charge in [0, 0.05) is 37.1 Å². The summed E-state index contributed by atoms with van der Waals surface area (Å²) in [6.45, 7) is 2.03. The van der Waals surface area contributed by atoms with Crippen LogP contribution in [0.3, 0.4) is 0 Å². The molecule has 4 atom stereocenters. The zero-order chi connectivity index (χ0) is 21.8. The van der Waals surface area contributed by atoms with Crippen molar-refractivity contribution in [1.29, 1.82) is 0 Å². The van der Waals surface area contributed by atoms with Gasteiger partial charge in [-0.25, -0.2) is 9.37 Å². The number of imidazole rings is 1. The average molecular weight is 423 g/mol. The van der Waals surface area contributed by atoms with Crippen molar-refractivity contribution in [1.82, 2.24) is 24.6 Å². The molecule has 1 unspecified atom stereocenters. The third-order valence-electron chi connectivity index (χ3n) is 7.35. The van der Waals surface area contributed by atoms with Crippen LogP contribution in [0.15, 0.2) is 49.1 Å². The zero-order valence-corrected chi connectivity index (χ0v) is 18.0. The first-order valence-electron chi connectivity index (χ1n) is 10.6. The van der Waals surface area contributed by atoms with Crippen molar-refractivity contribution < 1.29 is 9.50 Å². The van der Waals surface area contributed by atoms with Gasteiger partial charge in [-0.2, -0.15) is 0 Å². The molecule has 0 aliphatic carbocycles. The third kappa shape index (κ3) is 3.17. The Hall–Kier alpha value is -3.00. The van der Waals surface area contributed by atoms with E-state index in [2.05, 4.69) is 20.1 Å². The number of fused-ring (bicyclic) bond motifs is 2. The van der Waals surface area contributed by atoms with E-state index in [4.69, 9.17) is 0 Å². The fourth-order valence-electron chi connectivity index (χ4n) is 5.16. The number of hydrogen-bond acceptors (Lipinski definition) is 6. The van der Waals surface area contributed by atoms with Crippen molar-refractivity contribution in [2.24, 2.45) is 0 Å². The molecule has 0 amide bonds. The molecule has 2 aliphatic rings. The summed E-state index contributed by atoms with van der Waals surface area (Å²) < 4.78 is 17.3. The number of alkyl halides is 1. The summed E-state index contributed by atoms with van der Waals surface area (Å²) in [6, 6.07) is 9.22. The lowest BCUT2D eigenvalue weighted by molar-refractivity contribution is 0.00185. The molecule has 1 aromatic carbocycles. The number of piperidine rings is 1. The Kier molecular flexibility index (Phi) is 4.69. The van der Waals surface area contributed by atoms with Crippen molar-refractivity contribution in [3.8, 4) is 22.7 Å². The summed E-state index contributed by atoms with van der Waals surface area (Å²) in [4.78, 5) is 8.16. The van der Waals surface area contributed by atoms with Crippen molar-refractivity contribution in [2.75, 3.05) is 19.0 Å². The van der Waals surface area contributed by atoms with Crippen LogP contribution in [-0.4, -0.2) is 67.6 Å². The summed E-state index contributed by atoms with van der Waals surface area (Å²) in [6.07, 6.45) is 6.92. The van der Waals surface area contributed by atoms with Gasteiger partial charge in [-0.05, 0) is 57.5 Å². The highest BCUT2D eigenvalue weighted by atomic mass is 19.1. The lowest BCUT2D eigenvalue weighted by Gasteiger charge is -2.49. The van der Waals surface area contributed by atoms with Crippen LogP contribution in [0, 0.1) is 0 Å². The van der Waals surface area contributed by atoms with Gasteiger partial charge < -0.3 is 14.6 Å². The number of benzene rings is 1. The lowest BCUT2D eigenvalue weighted by atomic mass is 9.84. The Balaban J connectivity index is 1.37. The molecule has 0 saturated carbocycles. The average Bonchev–Trinajstić information content (AvgIpc) is 3.38. The van der Waals surface area contributed by atoms with Crippen molar-refractivity contribution in [3.05, 3.63) is 49.1 Å². The standard InChI is InChI=1S/C23H27FN6O/c1-23-9-8-15(29(23)3)12-19(22(23)24)28(2)21-7-6-18(26-27-21)17-5-4-16(13-20(17)31)30-11-10-25-14-30/h4-7,10-11,13-15,19,22,31H,8-9,12H2,1-3H3/t15?,19-,22+,23+/m0/s1. The molecular weight excluding hydrogens is 395 g/mol. The monoisotopic (exact) mass is 422 g/mol. The van der Waals surface area contributed by atoms with Crippen LogP contribution in [0.2, 0.25) is 0 Å². The molecule has 2 bridgehead atoms. The highest BCUT2D eigenvalue weighted by molar-refractivity contribution is 5.69. The summed E-state index contributed by atoms with van der Waals surface area (Å²) >= 11 is 0. The Morgan fingerprint density at radius 1 is 1.23 bits per heavy atom. The normalized spacial score (nSPS) is 28.1. The van der Waals surface area contributed by atoms with E-state index >= 15 is 4.39 Å². The fourth-order valence-corrected chi connectivity index (χ4v) is 5.16. The van der Waals surface area contributed by atoms with Crippen molar-refractivity contribution in [3.63, 3.8) is 0 Å². The molecule has 8 heteroatoms. The van der Waals surface area contributed by atoms with Crippen LogP contribution in [0.1, 0.15) is 26.2 Å². The first kappa shape index (κ1) is 19.9. The minimum Gasteiger partial charge on any atom is -0.507 e. The van der Waals surface area contributed by atoms with E-state index < -0.39 is 11.7 Å². The Labute approximate surface area is 181 Å². The first-order chi connectivity index (χ1) is 14.9. The molecule has 1 N–H and O–H groups in total. The highest BCUT2D eigenvalue weighted by Gasteiger charge is 2.55. The first-order valence-corrected chi connectivity index (χ1v) is 10.6. The number of aromatic hydroxyl groups is 1. The molecule has 3 aromatic rings. The molecule has 2 fully saturated rings. The van der Waals surface area contributed by atoms with E-state index in [1.807, 2.05) is 60.9 Å². The Bertz CT molecular complexity index is 1070. The summed E-state index contributed by atoms with van der Waals surface area (Å²) in [7, 11) is 3.94. The second-order valence-corrected chi connectivity index (χ2v) is 8.92. The maximum absolute atomic E-state index is 15.5.